The molecule has 1 spiro atoms. The number of aromatic nitrogens is 3. The smallest absolute Gasteiger partial charge is 0.360 e. The molecule has 10 bridgehead atoms. The number of anilines is 1. The maximum Gasteiger partial charge on any atom is 0.360 e. The van der Waals surface area contributed by atoms with E-state index in [1.54, 1.807) is 18.3 Å². The molecule has 0 saturated carbocycles. The number of nitrogens with one attached hydrogen (secondary N) is 3. The predicted molar refractivity (Wildman–Crippen MR) is 176 cm³/mol. The molecule has 3 atom stereocenters. The Morgan fingerprint density at radius 1 is 1.04 bits per heavy atom. The molecule has 6 aromatic rings. The lowest BCUT2D eigenvalue weighted by Gasteiger charge is -2.28. The number of carbonyl (C=O) groups excluding carboxylic acids is 2. The first-order valence-corrected chi connectivity index (χ1v) is 16.2. The van der Waals surface area contributed by atoms with Crippen LogP contribution in [-0.4, -0.2) is 45.3 Å². The van der Waals surface area contributed by atoms with Crippen LogP contribution < -0.4 is 15.4 Å². The number of nitrogens with zero attached hydrogens (tertiary/aromatic N) is 2. The summed E-state index contributed by atoms with van der Waals surface area (Å²) >= 11 is 0. The average Bonchev–Trinajstić information content (AvgIpc) is 3.91. The summed E-state index contributed by atoms with van der Waals surface area (Å²) in [6.45, 7) is 3.98. The molecule has 3 aromatic heterocycles. The molecule has 3 aromatic carbocycles. The van der Waals surface area contributed by atoms with Gasteiger partial charge in [-0.15, -0.1) is 0 Å². The lowest BCUT2D eigenvalue weighted by molar-refractivity contribution is -0.122. The fourth-order valence-electron chi connectivity index (χ4n) is 8.07. The number of phenols is 1. The lowest BCUT2D eigenvalue weighted by atomic mass is 9.72. The summed E-state index contributed by atoms with van der Waals surface area (Å²) < 4.78 is 25.4. The van der Waals surface area contributed by atoms with Gasteiger partial charge in [0.2, 0.25) is 17.7 Å². The molecule has 12 nitrogen and oxygen atoms in total. The second kappa shape index (κ2) is 9.53. The third kappa shape index (κ3) is 3.52. The number of hydrogen-bond acceptors (Lipinski definition) is 10. The fourth-order valence-corrected chi connectivity index (χ4v) is 8.07. The summed E-state index contributed by atoms with van der Waals surface area (Å²) in [5, 5.41) is 19.0. The Labute approximate surface area is 278 Å². The number of aromatic hydroxyl groups is 1. The van der Waals surface area contributed by atoms with Gasteiger partial charge in [-0.25, -0.2) is 9.78 Å². The number of hydrogen-bond donors (Lipinski definition) is 4. The molecule has 4 aliphatic heterocycles. The highest BCUT2D eigenvalue weighted by Crippen LogP contribution is 2.62. The van der Waals surface area contributed by atoms with Gasteiger partial charge in [-0.05, 0) is 36.1 Å². The van der Waals surface area contributed by atoms with Gasteiger partial charge in [0.15, 0.2) is 29.1 Å². The lowest BCUT2D eigenvalue weighted by Crippen LogP contribution is -2.40. The maximum absolute atomic E-state index is 13.4. The van der Waals surface area contributed by atoms with Crippen molar-refractivity contribution in [3.63, 3.8) is 0 Å². The van der Waals surface area contributed by atoms with Gasteiger partial charge in [0.25, 0.3) is 0 Å². The van der Waals surface area contributed by atoms with Gasteiger partial charge in [-0.1, -0.05) is 44.2 Å². The number of aryl methyl sites for hydroxylation is 1. The van der Waals surface area contributed by atoms with Crippen LogP contribution in [-0.2, 0) is 21.4 Å². The second-order valence-corrected chi connectivity index (χ2v) is 13.3. The van der Waals surface area contributed by atoms with Crippen molar-refractivity contribution in [1.29, 1.82) is 0 Å². The first-order chi connectivity index (χ1) is 23.8. The number of benzene rings is 3. The molecule has 10 rings (SSSR count). The molecule has 0 fully saturated rings. The number of oxazole rings is 2. The Hall–Kier alpha value is -6.04. The molecule has 12 heteroatoms. The number of phenolic OH excluding ortho intramolecular Hbond substituents is 1. The second-order valence-electron chi connectivity index (χ2n) is 13.3. The first-order valence-electron chi connectivity index (χ1n) is 16.2. The van der Waals surface area contributed by atoms with E-state index >= 15 is 0 Å². The monoisotopic (exact) mass is 655 g/mol. The van der Waals surface area contributed by atoms with E-state index in [0.717, 1.165) is 22.4 Å². The van der Waals surface area contributed by atoms with Crippen LogP contribution >= 0.6 is 0 Å². The van der Waals surface area contributed by atoms with Gasteiger partial charge in [0.1, 0.15) is 23.0 Å². The van der Waals surface area contributed by atoms with Gasteiger partial charge in [0, 0.05) is 57.0 Å². The largest absolute Gasteiger partial charge is 0.507 e. The minimum atomic E-state index is -1.12. The average molecular weight is 656 g/mol. The molecule has 0 saturated heterocycles. The van der Waals surface area contributed by atoms with Gasteiger partial charge in [-0.3, -0.25) is 4.79 Å². The normalized spacial score (nSPS) is 20.9. The molecule has 7 heterocycles. The van der Waals surface area contributed by atoms with Crippen molar-refractivity contribution in [2.24, 2.45) is 5.92 Å². The number of ether oxygens (including phenoxy) is 2. The minimum absolute atomic E-state index is 0.0306. The quantitative estimate of drug-likeness (QED) is 0.158. The number of methoxy groups -OCH3 is 1. The SMILES string of the molecule is COC(=O)c1nc2oc1-c1c[nH]c3ccc(O)c(c13)-c1cccc3c1NC1Oc4ccc5cc4C31c1oc(nc1-2)C(C(C)C)NC(=O)CC5. The Morgan fingerprint density at radius 3 is 2.76 bits per heavy atom. The van der Waals surface area contributed by atoms with Crippen molar-refractivity contribution in [2.45, 2.75) is 44.4 Å². The zero-order chi connectivity index (χ0) is 33.3. The van der Waals surface area contributed by atoms with Gasteiger partial charge in [0.05, 0.1) is 7.11 Å². The Bertz CT molecular complexity index is 2440. The Balaban J connectivity index is 1.42. The maximum atomic E-state index is 13.4. The summed E-state index contributed by atoms with van der Waals surface area (Å²) in [5.74, 6) is 0.587. The zero-order valence-corrected chi connectivity index (χ0v) is 26.6. The standard InChI is InChI=1S/C37H29N5O7/c1-15(2)27-33-41-30-32(49-33)37-19-6-4-5-17(28(19)42-36(37)47-23-11-7-16(13-20(23)37)8-12-24(44)39-27)26-22(43)10-9-21-25(26)18(14-38-21)31-29(35(45)46-3)40-34(30)48-31/h4-7,9-11,13-15,27,36,38,42-43H,8,12H2,1-3H3,(H,39,44). The molecule has 4 N–H and O–H groups in total. The zero-order valence-electron chi connectivity index (χ0n) is 26.6. The highest BCUT2D eigenvalue weighted by molar-refractivity contribution is 6.11. The highest BCUT2D eigenvalue weighted by Gasteiger charge is 2.61. The van der Waals surface area contributed by atoms with Crippen LogP contribution in [0.5, 0.6) is 11.5 Å². The third-order valence-electron chi connectivity index (χ3n) is 10.3. The van der Waals surface area contributed by atoms with Crippen molar-refractivity contribution in [2.75, 3.05) is 12.4 Å². The van der Waals surface area contributed by atoms with E-state index in [1.165, 1.54) is 7.11 Å². The van der Waals surface area contributed by atoms with Crippen molar-refractivity contribution in [1.82, 2.24) is 20.3 Å². The molecular formula is C37H29N5O7. The van der Waals surface area contributed by atoms with Crippen molar-refractivity contribution < 1.29 is 33.0 Å². The summed E-state index contributed by atoms with van der Waals surface area (Å²) in [6, 6.07) is 14.7. The topological polar surface area (TPSA) is 165 Å². The molecule has 49 heavy (non-hydrogen) atoms. The summed E-state index contributed by atoms with van der Waals surface area (Å²) in [4.78, 5) is 39.7. The van der Waals surface area contributed by atoms with Crippen LogP contribution in [0.25, 0.3) is 44.9 Å². The van der Waals surface area contributed by atoms with E-state index in [4.69, 9.17) is 28.3 Å². The molecule has 0 radical (unpaired) electrons. The number of amides is 1. The Morgan fingerprint density at radius 2 is 1.92 bits per heavy atom. The van der Waals surface area contributed by atoms with E-state index < -0.39 is 23.7 Å². The Kier molecular flexibility index (Phi) is 5.45. The van der Waals surface area contributed by atoms with Crippen molar-refractivity contribution in [3.8, 4) is 45.5 Å². The molecule has 1 amide bonds. The number of rotatable bonds is 2. The van der Waals surface area contributed by atoms with Crippen molar-refractivity contribution >= 4 is 28.5 Å². The number of carbonyl (C=O) groups is 2. The highest BCUT2D eigenvalue weighted by atomic mass is 16.5. The number of para-hydroxylation sites is 1. The molecule has 0 aliphatic carbocycles. The van der Waals surface area contributed by atoms with Crippen molar-refractivity contribution in [3.05, 3.63) is 88.8 Å². The fraction of sp³-hybridized carbons (Fsp3) is 0.243. The van der Waals surface area contributed by atoms with Gasteiger partial charge in [-0.2, -0.15) is 4.98 Å². The van der Waals surface area contributed by atoms with E-state index in [1.807, 2.05) is 44.2 Å². The van der Waals surface area contributed by atoms with E-state index in [2.05, 4.69) is 21.7 Å². The number of esters is 1. The van der Waals surface area contributed by atoms with E-state index in [0.29, 0.717) is 45.5 Å². The van der Waals surface area contributed by atoms with Crippen LogP contribution in [0.2, 0.25) is 0 Å². The summed E-state index contributed by atoms with van der Waals surface area (Å²) in [5.41, 5.74) is 4.91. The minimum Gasteiger partial charge on any atom is -0.507 e. The number of H-pyrrole nitrogens is 1. The van der Waals surface area contributed by atoms with Crippen LogP contribution in [0.4, 0.5) is 5.69 Å². The van der Waals surface area contributed by atoms with Crippen LogP contribution in [0.1, 0.15) is 65.1 Å². The van der Waals surface area contributed by atoms with Gasteiger partial charge < -0.3 is 39.0 Å². The van der Waals surface area contributed by atoms with E-state index in [9.17, 15) is 14.7 Å². The number of fused-ring (bicyclic) bond motifs is 7. The molecular weight excluding hydrogens is 626 g/mol. The van der Waals surface area contributed by atoms with Crippen LogP contribution in [0, 0.1) is 5.92 Å². The third-order valence-corrected chi connectivity index (χ3v) is 10.3. The summed E-state index contributed by atoms with van der Waals surface area (Å²) in [6.07, 6.45) is 1.80. The van der Waals surface area contributed by atoms with Gasteiger partial charge >= 0.3 is 5.97 Å². The number of aromatic amines is 1. The van der Waals surface area contributed by atoms with E-state index in [-0.39, 0.29) is 52.9 Å². The van der Waals surface area contributed by atoms with Crippen LogP contribution in [0.3, 0.4) is 0 Å². The molecule has 3 unspecified atom stereocenters. The summed E-state index contributed by atoms with van der Waals surface area (Å²) in [7, 11) is 1.28. The first kappa shape index (κ1) is 28.0. The molecule has 4 aliphatic rings. The van der Waals surface area contributed by atoms with Crippen LogP contribution in [0.15, 0.2) is 63.6 Å². The molecule has 244 valence electrons. The predicted octanol–water partition coefficient (Wildman–Crippen LogP) is 6.19.